The highest BCUT2D eigenvalue weighted by molar-refractivity contribution is 5.81. The van der Waals surface area contributed by atoms with E-state index in [1.165, 1.54) is 0 Å². The molecule has 0 aliphatic rings. The molecule has 0 aromatic rings. The summed E-state index contributed by atoms with van der Waals surface area (Å²) >= 11 is 0. The lowest BCUT2D eigenvalue weighted by molar-refractivity contribution is -0.144. The number of carbonyl (C=O) groups is 2. The average molecular weight is 197 g/mol. The average Bonchev–Trinajstić information content (AvgIpc) is 2.16. The summed E-state index contributed by atoms with van der Waals surface area (Å²) in [6.45, 7) is 4.11. The fraction of sp³-hybridized carbons (Fsp3) is 0.600. The third-order valence-corrected chi connectivity index (χ3v) is 1.41. The van der Waals surface area contributed by atoms with Gasteiger partial charge in [-0.25, -0.2) is 0 Å². The molecule has 0 heterocycles. The van der Waals surface area contributed by atoms with Gasteiger partial charge >= 0.3 is 5.97 Å². The van der Waals surface area contributed by atoms with Crippen LogP contribution < -0.4 is 5.32 Å². The van der Waals surface area contributed by atoms with E-state index >= 15 is 0 Å². The number of nitrogens with one attached hydrogen (secondary N) is 1. The largest absolute Gasteiger partial charge is 0.466 e. The summed E-state index contributed by atoms with van der Waals surface area (Å²) in [6.07, 6.45) is 0.281. The molecular formula is C10H15NO3. The molecule has 0 radical (unpaired) electrons. The fourth-order valence-corrected chi connectivity index (χ4v) is 0.768. The van der Waals surface area contributed by atoms with Crippen LogP contribution in [-0.2, 0) is 14.3 Å². The van der Waals surface area contributed by atoms with Crippen molar-refractivity contribution in [3.8, 4) is 11.8 Å². The van der Waals surface area contributed by atoms with Crippen molar-refractivity contribution in [2.45, 2.75) is 26.7 Å². The molecule has 0 atom stereocenters. The van der Waals surface area contributed by atoms with Crippen LogP contribution in [0.5, 0.6) is 0 Å². The molecule has 0 aromatic carbocycles. The Balaban J connectivity index is 3.51. The van der Waals surface area contributed by atoms with E-state index in [2.05, 4.69) is 21.9 Å². The minimum atomic E-state index is -0.343. The van der Waals surface area contributed by atoms with E-state index in [0.717, 1.165) is 0 Å². The van der Waals surface area contributed by atoms with Gasteiger partial charge in [-0.3, -0.25) is 9.59 Å². The minimum Gasteiger partial charge on any atom is -0.466 e. The number of hydrogen-bond donors (Lipinski definition) is 1. The van der Waals surface area contributed by atoms with E-state index < -0.39 is 0 Å². The van der Waals surface area contributed by atoms with Gasteiger partial charge in [0.05, 0.1) is 19.6 Å². The molecule has 0 bridgehead atoms. The molecule has 0 aromatic heterocycles. The van der Waals surface area contributed by atoms with Crippen molar-refractivity contribution < 1.29 is 14.3 Å². The monoisotopic (exact) mass is 197 g/mol. The van der Waals surface area contributed by atoms with Crippen molar-refractivity contribution in [1.29, 1.82) is 0 Å². The zero-order valence-electron chi connectivity index (χ0n) is 8.55. The quantitative estimate of drug-likeness (QED) is 0.515. The van der Waals surface area contributed by atoms with Crippen molar-refractivity contribution in [3.63, 3.8) is 0 Å². The molecule has 0 fully saturated rings. The van der Waals surface area contributed by atoms with Gasteiger partial charge in [-0.2, -0.15) is 0 Å². The van der Waals surface area contributed by atoms with Crippen LogP contribution in [0, 0.1) is 11.8 Å². The van der Waals surface area contributed by atoms with Crippen LogP contribution in [0.2, 0.25) is 0 Å². The number of ether oxygens (including phenoxy) is 1. The van der Waals surface area contributed by atoms with Crippen LogP contribution in [0.4, 0.5) is 0 Å². The first kappa shape index (κ1) is 12.5. The summed E-state index contributed by atoms with van der Waals surface area (Å²) in [5, 5.41) is 2.56. The molecule has 0 rings (SSSR count). The first-order valence-corrected chi connectivity index (χ1v) is 4.52. The number of esters is 1. The van der Waals surface area contributed by atoms with Gasteiger partial charge in [-0.1, -0.05) is 5.92 Å². The van der Waals surface area contributed by atoms with Crippen molar-refractivity contribution >= 4 is 11.9 Å². The van der Waals surface area contributed by atoms with Gasteiger partial charge in [0.1, 0.15) is 0 Å². The SMILES string of the molecule is CC#CCNC(=O)CCC(=O)OCC. The molecule has 4 heteroatoms. The molecule has 0 unspecified atom stereocenters. The Bertz CT molecular complexity index is 250. The Labute approximate surface area is 84.0 Å². The summed E-state index contributed by atoms with van der Waals surface area (Å²) < 4.78 is 4.67. The highest BCUT2D eigenvalue weighted by Gasteiger charge is 2.05. The van der Waals surface area contributed by atoms with Crippen LogP contribution in [0.3, 0.4) is 0 Å². The van der Waals surface area contributed by atoms with Crippen molar-refractivity contribution in [3.05, 3.63) is 0 Å². The highest BCUT2D eigenvalue weighted by Crippen LogP contribution is 1.92. The van der Waals surface area contributed by atoms with Crippen LogP contribution >= 0.6 is 0 Å². The number of rotatable bonds is 5. The van der Waals surface area contributed by atoms with Gasteiger partial charge in [0, 0.05) is 6.42 Å². The molecule has 78 valence electrons. The van der Waals surface area contributed by atoms with Gasteiger partial charge < -0.3 is 10.1 Å². The van der Waals surface area contributed by atoms with E-state index in [9.17, 15) is 9.59 Å². The van der Waals surface area contributed by atoms with Crippen molar-refractivity contribution in [1.82, 2.24) is 5.32 Å². The highest BCUT2D eigenvalue weighted by atomic mass is 16.5. The molecule has 0 aliphatic carbocycles. The Morgan fingerprint density at radius 3 is 2.64 bits per heavy atom. The maximum atomic E-state index is 11.0. The van der Waals surface area contributed by atoms with Gasteiger partial charge in [-0.05, 0) is 13.8 Å². The third kappa shape index (κ3) is 7.17. The molecule has 14 heavy (non-hydrogen) atoms. The summed E-state index contributed by atoms with van der Waals surface area (Å²) in [5.74, 6) is 4.82. The zero-order valence-corrected chi connectivity index (χ0v) is 8.55. The fourth-order valence-electron chi connectivity index (χ4n) is 0.768. The summed E-state index contributed by atoms with van der Waals surface area (Å²) in [6, 6.07) is 0. The number of hydrogen-bond acceptors (Lipinski definition) is 3. The maximum Gasteiger partial charge on any atom is 0.306 e. The third-order valence-electron chi connectivity index (χ3n) is 1.41. The van der Waals surface area contributed by atoms with E-state index in [1.54, 1.807) is 13.8 Å². The molecule has 0 aliphatic heterocycles. The molecule has 0 saturated carbocycles. The lowest BCUT2D eigenvalue weighted by atomic mass is 10.3. The molecule has 1 N–H and O–H groups in total. The Kier molecular flexibility index (Phi) is 7.24. The molecule has 0 saturated heterocycles. The second-order valence-corrected chi connectivity index (χ2v) is 2.51. The van der Waals surface area contributed by atoms with Crippen LogP contribution in [0.1, 0.15) is 26.7 Å². The molecule has 4 nitrogen and oxygen atoms in total. The second kappa shape index (κ2) is 8.11. The van der Waals surface area contributed by atoms with Gasteiger partial charge in [-0.15, -0.1) is 5.92 Å². The predicted octanol–water partition coefficient (Wildman–Crippen LogP) is 0.469. The Hall–Kier alpha value is -1.50. The number of amides is 1. The van der Waals surface area contributed by atoms with E-state index in [-0.39, 0.29) is 24.7 Å². The van der Waals surface area contributed by atoms with Gasteiger partial charge in [0.15, 0.2) is 0 Å². The van der Waals surface area contributed by atoms with E-state index in [0.29, 0.717) is 13.2 Å². The van der Waals surface area contributed by atoms with Gasteiger partial charge in [0.25, 0.3) is 0 Å². The lowest BCUT2D eigenvalue weighted by Crippen LogP contribution is -2.24. The maximum absolute atomic E-state index is 11.0. The zero-order chi connectivity index (χ0) is 10.8. The van der Waals surface area contributed by atoms with E-state index in [1.807, 2.05) is 0 Å². The normalized spacial score (nSPS) is 8.43. The topological polar surface area (TPSA) is 55.4 Å². The molecular weight excluding hydrogens is 182 g/mol. The Morgan fingerprint density at radius 2 is 2.07 bits per heavy atom. The predicted molar refractivity (Wildman–Crippen MR) is 52.3 cm³/mol. The lowest BCUT2D eigenvalue weighted by Gasteiger charge is -2.01. The van der Waals surface area contributed by atoms with Crippen molar-refractivity contribution in [2.24, 2.45) is 0 Å². The van der Waals surface area contributed by atoms with Crippen LogP contribution in [-0.4, -0.2) is 25.0 Å². The van der Waals surface area contributed by atoms with Crippen molar-refractivity contribution in [2.75, 3.05) is 13.2 Å². The van der Waals surface area contributed by atoms with Crippen LogP contribution in [0.25, 0.3) is 0 Å². The molecule has 1 amide bonds. The first-order valence-electron chi connectivity index (χ1n) is 4.52. The number of carbonyl (C=O) groups excluding carboxylic acids is 2. The summed E-state index contributed by atoms with van der Waals surface area (Å²) in [5.41, 5.74) is 0. The summed E-state index contributed by atoms with van der Waals surface area (Å²) in [4.78, 5) is 21.9. The van der Waals surface area contributed by atoms with Crippen LogP contribution in [0.15, 0.2) is 0 Å². The van der Waals surface area contributed by atoms with E-state index in [4.69, 9.17) is 0 Å². The first-order chi connectivity index (χ1) is 6.70. The standard InChI is InChI=1S/C10H15NO3/c1-3-5-8-11-9(12)6-7-10(13)14-4-2/h4,6-8H2,1-2H3,(H,11,12). The summed E-state index contributed by atoms with van der Waals surface area (Å²) in [7, 11) is 0. The smallest absolute Gasteiger partial charge is 0.306 e. The van der Waals surface area contributed by atoms with Gasteiger partial charge in [0.2, 0.25) is 5.91 Å². The molecule has 0 spiro atoms. The Morgan fingerprint density at radius 1 is 1.36 bits per heavy atom. The minimum absolute atomic E-state index is 0.124. The second-order valence-electron chi connectivity index (χ2n) is 2.51.